The minimum absolute atomic E-state index is 0.00175. The second-order valence-corrected chi connectivity index (χ2v) is 17.7. The molecule has 0 aromatic carbocycles. The Balaban J connectivity index is 4.29. The number of hydrogen-bond acceptors (Lipinski definition) is 7. The van der Waals surface area contributed by atoms with Crippen LogP contribution in [-0.4, -0.2) is 62.8 Å². The number of unbranched alkanes of at least 4 members (excludes halogenated alkanes) is 10. The van der Waals surface area contributed by atoms with Gasteiger partial charge in [-0.05, 0) is 114 Å². The third-order valence-electron chi connectivity index (χ3n) is 10.6. The smallest absolute Gasteiger partial charge is 0.306 e. The SMILES string of the molecule is CC(C)CCC(COC(=O)CCCCCCCCCC(CCCCCCCC(=O)OCC(CCC(C)C)C(C)C)OC(=O)CCCN(C)C)C(C)C. The van der Waals surface area contributed by atoms with Gasteiger partial charge in [0.1, 0.15) is 6.10 Å². The van der Waals surface area contributed by atoms with Crippen molar-refractivity contribution in [3.63, 3.8) is 0 Å². The first-order valence-electron chi connectivity index (χ1n) is 21.9. The largest absolute Gasteiger partial charge is 0.465 e. The van der Waals surface area contributed by atoms with Crippen molar-refractivity contribution in [3.8, 4) is 0 Å². The zero-order valence-corrected chi connectivity index (χ0v) is 36.1. The fourth-order valence-corrected chi connectivity index (χ4v) is 6.60. The standard InChI is InChI=1S/C45H87NO6/c1-36(2)29-31-40(38(5)6)34-50-43(47)26-21-17-13-11-12-15-19-24-42(52-45(49)28-23-33-46(9)10)25-20-16-14-18-22-27-44(48)51-35-41(39(7)8)32-30-37(3)4/h36-42H,11-35H2,1-10H3. The highest BCUT2D eigenvalue weighted by Gasteiger charge is 2.18. The van der Waals surface area contributed by atoms with Gasteiger partial charge in [0.2, 0.25) is 0 Å². The van der Waals surface area contributed by atoms with Crippen LogP contribution in [-0.2, 0) is 28.6 Å². The van der Waals surface area contributed by atoms with Crippen molar-refractivity contribution in [2.45, 2.75) is 203 Å². The second kappa shape index (κ2) is 32.8. The fraction of sp³-hybridized carbons (Fsp3) is 0.933. The van der Waals surface area contributed by atoms with Gasteiger partial charge in [-0.1, -0.05) is 120 Å². The molecule has 0 amide bonds. The fourth-order valence-electron chi connectivity index (χ4n) is 6.60. The van der Waals surface area contributed by atoms with Crippen LogP contribution in [0.3, 0.4) is 0 Å². The summed E-state index contributed by atoms with van der Waals surface area (Å²) in [5.41, 5.74) is 0. The zero-order valence-electron chi connectivity index (χ0n) is 36.1. The van der Waals surface area contributed by atoms with Crippen LogP contribution in [0, 0.1) is 35.5 Å². The van der Waals surface area contributed by atoms with Gasteiger partial charge in [-0.15, -0.1) is 0 Å². The molecule has 0 aliphatic rings. The number of hydrogen-bond donors (Lipinski definition) is 0. The number of ether oxygens (including phenoxy) is 3. The number of carbonyl (C=O) groups excluding carboxylic acids is 3. The summed E-state index contributed by atoms with van der Waals surface area (Å²) in [6.45, 7) is 19.9. The minimum Gasteiger partial charge on any atom is -0.465 e. The highest BCUT2D eigenvalue weighted by Crippen LogP contribution is 2.23. The summed E-state index contributed by atoms with van der Waals surface area (Å²) in [7, 11) is 4.06. The lowest BCUT2D eigenvalue weighted by molar-refractivity contribution is -0.150. The predicted molar refractivity (Wildman–Crippen MR) is 218 cm³/mol. The van der Waals surface area contributed by atoms with Crippen molar-refractivity contribution in [2.24, 2.45) is 35.5 Å². The Bertz CT molecular complexity index is 870. The molecule has 0 fully saturated rings. The molecule has 0 saturated carbocycles. The zero-order chi connectivity index (χ0) is 39.1. The lowest BCUT2D eigenvalue weighted by Gasteiger charge is -2.21. The molecule has 52 heavy (non-hydrogen) atoms. The summed E-state index contributed by atoms with van der Waals surface area (Å²) in [6.07, 6.45) is 21.6. The number of carbonyl (C=O) groups is 3. The van der Waals surface area contributed by atoms with Crippen LogP contribution < -0.4 is 0 Å². The molecule has 0 aromatic heterocycles. The molecule has 0 radical (unpaired) electrons. The summed E-state index contributed by atoms with van der Waals surface area (Å²) >= 11 is 0. The molecule has 0 aliphatic carbocycles. The van der Waals surface area contributed by atoms with E-state index >= 15 is 0 Å². The average Bonchev–Trinajstić information content (AvgIpc) is 3.05. The molecule has 7 heteroatoms. The van der Waals surface area contributed by atoms with Gasteiger partial charge in [0.15, 0.2) is 0 Å². The third-order valence-corrected chi connectivity index (χ3v) is 10.6. The topological polar surface area (TPSA) is 82.1 Å². The van der Waals surface area contributed by atoms with E-state index < -0.39 is 0 Å². The van der Waals surface area contributed by atoms with Gasteiger partial charge in [-0.2, -0.15) is 0 Å². The maximum atomic E-state index is 12.6. The van der Waals surface area contributed by atoms with Crippen molar-refractivity contribution in [2.75, 3.05) is 33.9 Å². The van der Waals surface area contributed by atoms with Crippen molar-refractivity contribution >= 4 is 17.9 Å². The van der Waals surface area contributed by atoms with Crippen LogP contribution in [0.4, 0.5) is 0 Å². The van der Waals surface area contributed by atoms with Crippen LogP contribution in [0.1, 0.15) is 197 Å². The quantitative estimate of drug-likeness (QED) is 0.0364. The Hall–Kier alpha value is -1.63. The molecule has 0 aromatic rings. The number of rotatable bonds is 35. The molecule has 0 spiro atoms. The highest BCUT2D eigenvalue weighted by atomic mass is 16.5. The van der Waals surface area contributed by atoms with Gasteiger partial charge in [0, 0.05) is 19.3 Å². The van der Waals surface area contributed by atoms with Gasteiger partial charge < -0.3 is 19.1 Å². The summed E-state index contributed by atoms with van der Waals surface area (Å²) in [5.74, 6) is 3.16. The first-order chi connectivity index (χ1) is 24.7. The summed E-state index contributed by atoms with van der Waals surface area (Å²) in [6, 6.07) is 0. The van der Waals surface area contributed by atoms with E-state index in [2.05, 4.69) is 60.3 Å². The Kier molecular flexibility index (Phi) is 31.7. The molecule has 0 rings (SSSR count). The second-order valence-electron chi connectivity index (χ2n) is 17.7. The van der Waals surface area contributed by atoms with Crippen molar-refractivity contribution in [3.05, 3.63) is 0 Å². The number of esters is 3. The highest BCUT2D eigenvalue weighted by molar-refractivity contribution is 5.70. The molecule has 3 unspecified atom stereocenters. The van der Waals surface area contributed by atoms with Crippen molar-refractivity contribution in [1.29, 1.82) is 0 Å². The van der Waals surface area contributed by atoms with Gasteiger partial charge in [-0.25, -0.2) is 0 Å². The lowest BCUT2D eigenvalue weighted by Crippen LogP contribution is -2.20. The van der Waals surface area contributed by atoms with Gasteiger partial charge in [0.25, 0.3) is 0 Å². The molecule has 7 nitrogen and oxygen atoms in total. The first kappa shape index (κ1) is 50.4. The maximum absolute atomic E-state index is 12.6. The molecular weight excluding hydrogens is 650 g/mol. The Morgan fingerprint density at radius 3 is 1.17 bits per heavy atom. The lowest BCUT2D eigenvalue weighted by atomic mass is 9.89. The normalized spacial score (nSPS) is 13.7. The van der Waals surface area contributed by atoms with E-state index in [4.69, 9.17) is 14.2 Å². The molecule has 0 heterocycles. The summed E-state index contributed by atoms with van der Waals surface area (Å²) < 4.78 is 17.3. The Labute approximate surface area is 322 Å². The van der Waals surface area contributed by atoms with Crippen LogP contribution >= 0.6 is 0 Å². The van der Waals surface area contributed by atoms with E-state index in [-0.39, 0.29) is 24.0 Å². The molecule has 0 bridgehead atoms. The molecule has 3 atom stereocenters. The average molecular weight is 738 g/mol. The van der Waals surface area contributed by atoms with Crippen LogP contribution in [0.5, 0.6) is 0 Å². The van der Waals surface area contributed by atoms with Crippen LogP contribution in [0.15, 0.2) is 0 Å². The number of nitrogens with zero attached hydrogens (tertiary/aromatic N) is 1. The Morgan fingerprint density at radius 2 is 0.808 bits per heavy atom. The first-order valence-corrected chi connectivity index (χ1v) is 21.9. The van der Waals surface area contributed by atoms with E-state index in [1.807, 2.05) is 14.1 Å². The van der Waals surface area contributed by atoms with Crippen molar-refractivity contribution in [1.82, 2.24) is 4.90 Å². The molecule has 0 aliphatic heterocycles. The van der Waals surface area contributed by atoms with Crippen molar-refractivity contribution < 1.29 is 28.6 Å². The van der Waals surface area contributed by atoms with Gasteiger partial charge in [0.05, 0.1) is 13.2 Å². The maximum Gasteiger partial charge on any atom is 0.306 e. The van der Waals surface area contributed by atoms with Crippen LogP contribution in [0.2, 0.25) is 0 Å². The molecule has 0 N–H and O–H groups in total. The third kappa shape index (κ3) is 31.9. The summed E-state index contributed by atoms with van der Waals surface area (Å²) in [5, 5.41) is 0. The molecule has 0 saturated heterocycles. The van der Waals surface area contributed by atoms with Gasteiger partial charge >= 0.3 is 17.9 Å². The molecular formula is C45H87NO6. The van der Waals surface area contributed by atoms with E-state index in [9.17, 15) is 14.4 Å². The van der Waals surface area contributed by atoms with Crippen LogP contribution in [0.25, 0.3) is 0 Å². The van der Waals surface area contributed by atoms with E-state index in [0.29, 0.717) is 68.0 Å². The predicted octanol–water partition coefficient (Wildman–Crippen LogP) is 12.0. The van der Waals surface area contributed by atoms with Gasteiger partial charge in [-0.3, -0.25) is 14.4 Å². The van der Waals surface area contributed by atoms with E-state index in [0.717, 1.165) is 103 Å². The minimum atomic E-state index is -0.0666. The van der Waals surface area contributed by atoms with E-state index in [1.165, 1.54) is 25.7 Å². The molecule has 308 valence electrons. The van der Waals surface area contributed by atoms with E-state index in [1.54, 1.807) is 0 Å². The Morgan fingerprint density at radius 1 is 0.442 bits per heavy atom. The monoisotopic (exact) mass is 738 g/mol. The summed E-state index contributed by atoms with van der Waals surface area (Å²) in [4.78, 5) is 39.3.